The molecule has 0 aliphatic carbocycles. The molecule has 1 N–H and O–H groups in total. The third-order valence-electron chi connectivity index (χ3n) is 2.35. The first-order valence-corrected chi connectivity index (χ1v) is 5.26. The Bertz CT molecular complexity index is 100. The van der Waals surface area contributed by atoms with Gasteiger partial charge in [0.1, 0.15) is 0 Å². The highest BCUT2D eigenvalue weighted by Gasteiger charge is 2.11. The molecule has 1 rings (SSSR count). The monoisotopic (exact) mass is 171 g/mol. The summed E-state index contributed by atoms with van der Waals surface area (Å²) in [6.45, 7) is 5.42. The Balaban J connectivity index is 1.91. The summed E-state index contributed by atoms with van der Waals surface area (Å²) in [7, 11) is 0. The van der Waals surface area contributed by atoms with Gasteiger partial charge in [0.2, 0.25) is 0 Å². The van der Waals surface area contributed by atoms with Gasteiger partial charge in [0.15, 0.2) is 0 Å². The molecule has 0 saturated carbocycles. The normalized spacial score (nSPS) is 24.2. The van der Waals surface area contributed by atoms with Crippen molar-refractivity contribution in [2.45, 2.75) is 45.1 Å². The molecule has 1 fully saturated rings. The molecule has 0 aromatic rings. The zero-order valence-corrected chi connectivity index (χ0v) is 8.14. The molecule has 72 valence electrons. The van der Waals surface area contributed by atoms with Gasteiger partial charge < -0.3 is 10.1 Å². The fraction of sp³-hybridized carbons (Fsp3) is 1.00. The predicted molar refractivity (Wildman–Crippen MR) is 51.4 cm³/mol. The summed E-state index contributed by atoms with van der Waals surface area (Å²) in [5, 5.41) is 3.35. The Hall–Kier alpha value is -0.0800. The van der Waals surface area contributed by atoms with Crippen molar-refractivity contribution in [2.24, 2.45) is 0 Å². The second-order valence-electron chi connectivity index (χ2n) is 3.55. The van der Waals surface area contributed by atoms with Crippen molar-refractivity contribution < 1.29 is 4.74 Å². The number of hydrogen-bond acceptors (Lipinski definition) is 2. The minimum atomic E-state index is 0.496. The number of rotatable bonds is 5. The summed E-state index contributed by atoms with van der Waals surface area (Å²) in [4.78, 5) is 0. The van der Waals surface area contributed by atoms with Gasteiger partial charge in [-0.25, -0.2) is 0 Å². The lowest BCUT2D eigenvalue weighted by molar-refractivity contribution is 0.0349. The summed E-state index contributed by atoms with van der Waals surface area (Å²) in [5.74, 6) is 0. The van der Waals surface area contributed by atoms with E-state index in [1.165, 1.54) is 38.6 Å². The molecule has 1 heterocycles. The molecule has 0 unspecified atom stereocenters. The van der Waals surface area contributed by atoms with Crippen LogP contribution in [0.2, 0.25) is 0 Å². The Labute approximate surface area is 75.7 Å². The summed E-state index contributed by atoms with van der Waals surface area (Å²) < 4.78 is 5.72. The third kappa shape index (κ3) is 4.07. The lowest BCUT2D eigenvalue weighted by Crippen LogP contribution is -2.35. The molecule has 2 heteroatoms. The van der Waals surface area contributed by atoms with Crippen molar-refractivity contribution in [1.82, 2.24) is 5.32 Å². The highest BCUT2D eigenvalue weighted by atomic mass is 16.5. The van der Waals surface area contributed by atoms with Gasteiger partial charge in [-0.1, -0.05) is 19.8 Å². The van der Waals surface area contributed by atoms with Crippen molar-refractivity contribution >= 4 is 0 Å². The fourth-order valence-corrected chi connectivity index (χ4v) is 1.56. The maximum Gasteiger partial charge on any atom is 0.0699 e. The van der Waals surface area contributed by atoms with Crippen LogP contribution in [0.1, 0.15) is 39.0 Å². The predicted octanol–water partition coefficient (Wildman–Crippen LogP) is 1.95. The van der Waals surface area contributed by atoms with Crippen molar-refractivity contribution in [3.63, 3.8) is 0 Å². The number of piperidine rings is 1. The van der Waals surface area contributed by atoms with Gasteiger partial charge in [0, 0.05) is 13.2 Å². The maximum atomic E-state index is 5.72. The summed E-state index contributed by atoms with van der Waals surface area (Å²) in [5.41, 5.74) is 0. The second-order valence-corrected chi connectivity index (χ2v) is 3.55. The van der Waals surface area contributed by atoms with E-state index in [-0.39, 0.29) is 0 Å². The molecule has 2 nitrogen and oxygen atoms in total. The standard InChI is InChI=1S/C10H21NO/c1-2-3-4-8-12-10-6-5-7-11-9-10/h10-11H,2-9H2,1H3/t10-/m0/s1. The Morgan fingerprint density at radius 1 is 1.42 bits per heavy atom. The lowest BCUT2D eigenvalue weighted by Gasteiger charge is -2.22. The Kier molecular flexibility index (Phi) is 5.37. The van der Waals surface area contributed by atoms with E-state index < -0.39 is 0 Å². The average Bonchev–Trinajstić information content (AvgIpc) is 2.14. The van der Waals surface area contributed by atoms with Crippen molar-refractivity contribution in [1.29, 1.82) is 0 Å². The largest absolute Gasteiger partial charge is 0.377 e. The van der Waals surface area contributed by atoms with Crippen LogP contribution < -0.4 is 5.32 Å². The number of hydrogen-bond donors (Lipinski definition) is 1. The van der Waals surface area contributed by atoms with E-state index in [4.69, 9.17) is 4.74 Å². The van der Waals surface area contributed by atoms with Gasteiger partial charge >= 0.3 is 0 Å². The molecule has 0 bridgehead atoms. The fourth-order valence-electron chi connectivity index (χ4n) is 1.56. The second kappa shape index (κ2) is 6.44. The number of ether oxygens (including phenoxy) is 1. The molecule has 0 aromatic carbocycles. The van der Waals surface area contributed by atoms with Crippen molar-refractivity contribution in [2.75, 3.05) is 19.7 Å². The first kappa shape index (κ1) is 10.0. The quantitative estimate of drug-likeness (QED) is 0.638. The molecule has 1 aliphatic rings. The molecule has 0 spiro atoms. The first-order chi connectivity index (χ1) is 5.93. The van der Waals surface area contributed by atoms with Crippen LogP contribution in [0.25, 0.3) is 0 Å². The van der Waals surface area contributed by atoms with Crippen LogP contribution in [0.5, 0.6) is 0 Å². The van der Waals surface area contributed by atoms with E-state index in [0.29, 0.717) is 6.10 Å². The van der Waals surface area contributed by atoms with E-state index in [9.17, 15) is 0 Å². The highest BCUT2D eigenvalue weighted by Crippen LogP contribution is 2.06. The van der Waals surface area contributed by atoms with E-state index in [1.54, 1.807) is 0 Å². The van der Waals surface area contributed by atoms with Crippen LogP contribution >= 0.6 is 0 Å². The van der Waals surface area contributed by atoms with Crippen LogP contribution in [0.3, 0.4) is 0 Å². The van der Waals surface area contributed by atoms with E-state index in [2.05, 4.69) is 12.2 Å². The molecular weight excluding hydrogens is 150 g/mol. The Morgan fingerprint density at radius 3 is 3.00 bits per heavy atom. The first-order valence-electron chi connectivity index (χ1n) is 5.26. The van der Waals surface area contributed by atoms with Crippen LogP contribution in [0, 0.1) is 0 Å². The third-order valence-corrected chi connectivity index (χ3v) is 2.35. The molecule has 0 amide bonds. The minimum Gasteiger partial charge on any atom is -0.377 e. The minimum absolute atomic E-state index is 0.496. The summed E-state index contributed by atoms with van der Waals surface area (Å²) in [6.07, 6.45) is 6.84. The molecule has 0 aromatic heterocycles. The molecule has 12 heavy (non-hydrogen) atoms. The van der Waals surface area contributed by atoms with Crippen LogP contribution in [0.4, 0.5) is 0 Å². The molecular formula is C10H21NO. The summed E-state index contributed by atoms with van der Waals surface area (Å²) >= 11 is 0. The van der Waals surface area contributed by atoms with Gasteiger partial charge in [0.05, 0.1) is 6.10 Å². The van der Waals surface area contributed by atoms with Gasteiger partial charge in [-0.05, 0) is 25.8 Å². The maximum absolute atomic E-state index is 5.72. The lowest BCUT2D eigenvalue weighted by atomic mass is 10.1. The molecule has 0 radical (unpaired) electrons. The highest BCUT2D eigenvalue weighted by molar-refractivity contribution is 4.68. The topological polar surface area (TPSA) is 21.3 Å². The van der Waals surface area contributed by atoms with Crippen molar-refractivity contribution in [3.8, 4) is 0 Å². The van der Waals surface area contributed by atoms with Gasteiger partial charge in [-0.2, -0.15) is 0 Å². The van der Waals surface area contributed by atoms with E-state index in [0.717, 1.165) is 13.2 Å². The zero-order chi connectivity index (χ0) is 8.65. The average molecular weight is 171 g/mol. The smallest absolute Gasteiger partial charge is 0.0699 e. The summed E-state index contributed by atoms with van der Waals surface area (Å²) in [6, 6.07) is 0. The Morgan fingerprint density at radius 2 is 2.33 bits per heavy atom. The van der Waals surface area contributed by atoms with Crippen LogP contribution in [-0.4, -0.2) is 25.8 Å². The van der Waals surface area contributed by atoms with Crippen LogP contribution in [-0.2, 0) is 4.74 Å². The van der Waals surface area contributed by atoms with E-state index in [1.807, 2.05) is 0 Å². The van der Waals surface area contributed by atoms with Gasteiger partial charge in [-0.15, -0.1) is 0 Å². The number of nitrogens with one attached hydrogen (secondary N) is 1. The van der Waals surface area contributed by atoms with Gasteiger partial charge in [-0.3, -0.25) is 0 Å². The molecule has 1 atom stereocenters. The van der Waals surface area contributed by atoms with Gasteiger partial charge in [0.25, 0.3) is 0 Å². The van der Waals surface area contributed by atoms with Crippen LogP contribution in [0.15, 0.2) is 0 Å². The van der Waals surface area contributed by atoms with E-state index >= 15 is 0 Å². The zero-order valence-electron chi connectivity index (χ0n) is 8.14. The molecule has 1 saturated heterocycles. The number of unbranched alkanes of at least 4 members (excludes halogenated alkanes) is 2. The van der Waals surface area contributed by atoms with Crippen molar-refractivity contribution in [3.05, 3.63) is 0 Å². The molecule has 1 aliphatic heterocycles. The SMILES string of the molecule is CCCCCO[C@H]1CCCNC1.